The lowest BCUT2D eigenvalue weighted by molar-refractivity contribution is -0.135. The van der Waals surface area contributed by atoms with E-state index in [-0.39, 0.29) is 11.2 Å². The molecule has 1 saturated heterocycles. The Bertz CT molecular complexity index is 410. The lowest BCUT2D eigenvalue weighted by Gasteiger charge is -2.35. The van der Waals surface area contributed by atoms with Crippen LogP contribution in [-0.4, -0.2) is 30.1 Å². The van der Waals surface area contributed by atoms with Gasteiger partial charge in [0.15, 0.2) is 11.4 Å². The lowest BCUT2D eigenvalue weighted by atomic mass is 9.63. The number of carbonyl (C=O) groups excluding carboxylic acids is 2. The van der Waals surface area contributed by atoms with Crippen molar-refractivity contribution < 1.29 is 19.1 Å². The summed E-state index contributed by atoms with van der Waals surface area (Å²) in [5.41, 5.74) is -1.57. The predicted octanol–water partition coefficient (Wildman–Crippen LogP) is 1.63. The zero-order valence-corrected chi connectivity index (χ0v) is 10.7. The number of epoxide rings is 1. The van der Waals surface area contributed by atoms with Crippen LogP contribution in [0.5, 0.6) is 0 Å². The van der Waals surface area contributed by atoms with Gasteiger partial charge in [-0.1, -0.05) is 13.8 Å². The van der Waals surface area contributed by atoms with E-state index in [4.69, 9.17) is 4.74 Å². The van der Waals surface area contributed by atoms with Crippen LogP contribution in [0.25, 0.3) is 0 Å². The number of esters is 1. The van der Waals surface area contributed by atoms with Crippen LogP contribution in [0.2, 0.25) is 0 Å². The molecule has 2 fully saturated rings. The van der Waals surface area contributed by atoms with Gasteiger partial charge in [0.25, 0.3) is 0 Å². The molecule has 0 amide bonds. The van der Waals surface area contributed by atoms with Crippen LogP contribution in [0.4, 0.5) is 0 Å². The monoisotopic (exact) mass is 238 g/mol. The Kier molecular flexibility index (Phi) is 2.47. The van der Waals surface area contributed by atoms with Crippen molar-refractivity contribution in [1.82, 2.24) is 0 Å². The molecule has 0 spiro atoms. The highest BCUT2D eigenvalue weighted by atomic mass is 16.6. The molecule has 2 aliphatic rings. The summed E-state index contributed by atoms with van der Waals surface area (Å²) in [6, 6.07) is 0. The Hall–Kier alpha value is -1.16. The normalized spacial score (nSPS) is 38.9. The van der Waals surface area contributed by atoms with Gasteiger partial charge < -0.3 is 9.47 Å². The van der Waals surface area contributed by atoms with E-state index >= 15 is 0 Å². The first kappa shape index (κ1) is 12.3. The fourth-order valence-electron chi connectivity index (χ4n) is 2.87. The van der Waals surface area contributed by atoms with Gasteiger partial charge in [-0.05, 0) is 19.4 Å². The number of ether oxygens (including phenoxy) is 2. The third-order valence-corrected chi connectivity index (χ3v) is 4.20. The molecule has 0 aromatic heterocycles. The second-order valence-corrected chi connectivity index (χ2v) is 5.53. The fraction of sp³-hybridized carbons (Fsp3) is 0.692. The van der Waals surface area contributed by atoms with Gasteiger partial charge in [-0.3, -0.25) is 4.79 Å². The molecule has 1 aliphatic carbocycles. The molecule has 17 heavy (non-hydrogen) atoms. The molecule has 0 aromatic carbocycles. The summed E-state index contributed by atoms with van der Waals surface area (Å²) in [7, 11) is 1.33. The van der Waals surface area contributed by atoms with Gasteiger partial charge in [0.05, 0.1) is 7.11 Å². The van der Waals surface area contributed by atoms with Crippen molar-refractivity contribution in [2.24, 2.45) is 5.41 Å². The quantitative estimate of drug-likeness (QED) is 0.417. The molecule has 4 heteroatoms. The topological polar surface area (TPSA) is 55.9 Å². The fourth-order valence-corrected chi connectivity index (χ4v) is 2.87. The number of rotatable bonds is 2. The highest BCUT2D eigenvalue weighted by Crippen LogP contribution is 2.64. The molecule has 0 radical (unpaired) electrons. The molecule has 0 aromatic rings. The number of Topliss-reactive ketones (excluding diaryl/α,β-unsaturated/α-hetero) is 1. The summed E-state index contributed by atoms with van der Waals surface area (Å²) in [6.45, 7) is 5.93. The van der Waals surface area contributed by atoms with E-state index in [0.29, 0.717) is 6.42 Å². The highest BCUT2D eigenvalue weighted by molar-refractivity contribution is 5.94. The van der Waals surface area contributed by atoms with Crippen LogP contribution < -0.4 is 0 Å². The standard InChI is InChI=1S/C13H18O4/c1-11(2)7-5-9(14)12(3)13(11,17-12)8-6-10(15)16-4/h6,8H,5,7H2,1-4H3/b8-6+. The third kappa shape index (κ3) is 1.47. The average Bonchev–Trinajstić information content (AvgIpc) is 2.92. The molecule has 2 unspecified atom stereocenters. The molecular weight excluding hydrogens is 220 g/mol. The molecule has 2 atom stereocenters. The van der Waals surface area contributed by atoms with Gasteiger partial charge >= 0.3 is 5.97 Å². The Morgan fingerprint density at radius 3 is 2.65 bits per heavy atom. The summed E-state index contributed by atoms with van der Waals surface area (Å²) >= 11 is 0. The Labute approximate surface area is 101 Å². The minimum atomic E-state index is -0.765. The number of carbonyl (C=O) groups is 2. The van der Waals surface area contributed by atoms with Crippen LogP contribution in [0.3, 0.4) is 0 Å². The second-order valence-electron chi connectivity index (χ2n) is 5.53. The van der Waals surface area contributed by atoms with Crippen molar-refractivity contribution in [3.8, 4) is 0 Å². The Morgan fingerprint density at radius 2 is 2.06 bits per heavy atom. The molecule has 1 aliphatic heterocycles. The molecule has 0 N–H and O–H groups in total. The van der Waals surface area contributed by atoms with E-state index in [9.17, 15) is 9.59 Å². The molecule has 1 heterocycles. The van der Waals surface area contributed by atoms with Crippen molar-refractivity contribution in [2.45, 2.75) is 44.8 Å². The minimum absolute atomic E-state index is 0.117. The first-order valence-electron chi connectivity index (χ1n) is 5.80. The van der Waals surface area contributed by atoms with Crippen molar-refractivity contribution in [1.29, 1.82) is 0 Å². The van der Waals surface area contributed by atoms with E-state index in [1.54, 1.807) is 13.0 Å². The van der Waals surface area contributed by atoms with Crippen LogP contribution in [0.15, 0.2) is 12.2 Å². The van der Waals surface area contributed by atoms with E-state index in [2.05, 4.69) is 18.6 Å². The first-order valence-corrected chi connectivity index (χ1v) is 5.80. The van der Waals surface area contributed by atoms with Crippen molar-refractivity contribution in [3.63, 3.8) is 0 Å². The van der Waals surface area contributed by atoms with E-state index in [1.807, 2.05) is 0 Å². The molecule has 2 rings (SSSR count). The van der Waals surface area contributed by atoms with Gasteiger partial charge in [0.2, 0.25) is 0 Å². The van der Waals surface area contributed by atoms with Gasteiger partial charge in [-0.2, -0.15) is 0 Å². The zero-order valence-electron chi connectivity index (χ0n) is 10.7. The summed E-state index contributed by atoms with van der Waals surface area (Å²) < 4.78 is 10.3. The van der Waals surface area contributed by atoms with Crippen LogP contribution in [-0.2, 0) is 19.1 Å². The maximum absolute atomic E-state index is 11.9. The summed E-state index contributed by atoms with van der Waals surface area (Å²) in [6.07, 6.45) is 4.35. The summed E-state index contributed by atoms with van der Waals surface area (Å²) in [4.78, 5) is 23.1. The molecule has 4 nitrogen and oxygen atoms in total. The third-order valence-electron chi connectivity index (χ3n) is 4.20. The van der Waals surface area contributed by atoms with Crippen molar-refractivity contribution in [3.05, 3.63) is 12.2 Å². The van der Waals surface area contributed by atoms with Gasteiger partial charge in [0.1, 0.15) is 5.60 Å². The molecule has 1 saturated carbocycles. The second kappa shape index (κ2) is 3.42. The highest BCUT2D eigenvalue weighted by Gasteiger charge is 2.77. The van der Waals surface area contributed by atoms with Gasteiger partial charge in [-0.25, -0.2) is 4.79 Å². The number of ketones is 1. The largest absolute Gasteiger partial charge is 0.466 e. The van der Waals surface area contributed by atoms with Crippen molar-refractivity contribution in [2.75, 3.05) is 7.11 Å². The Balaban J connectivity index is 2.32. The number of fused-ring (bicyclic) bond motifs is 1. The molecule has 0 bridgehead atoms. The average molecular weight is 238 g/mol. The number of methoxy groups -OCH3 is 1. The van der Waals surface area contributed by atoms with Crippen LogP contribution in [0.1, 0.15) is 33.6 Å². The number of hydrogen-bond acceptors (Lipinski definition) is 4. The van der Waals surface area contributed by atoms with Crippen LogP contribution in [0, 0.1) is 5.41 Å². The maximum Gasteiger partial charge on any atom is 0.330 e. The molecular formula is C13H18O4. The lowest BCUT2D eigenvalue weighted by Crippen LogP contribution is -2.46. The van der Waals surface area contributed by atoms with Crippen LogP contribution >= 0.6 is 0 Å². The maximum atomic E-state index is 11.9. The SMILES string of the molecule is COC(=O)/C=C/C12OC1(C)C(=O)CCC2(C)C. The van der Waals surface area contributed by atoms with E-state index in [1.165, 1.54) is 13.2 Å². The van der Waals surface area contributed by atoms with E-state index < -0.39 is 17.2 Å². The smallest absolute Gasteiger partial charge is 0.330 e. The number of hydrogen-bond donors (Lipinski definition) is 0. The van der Waals surface area contributed by atoms with Gasteiger partial charge in [-0.15, -0.1) is 0 Å². The molecule has 94 valence electrons. The summed E-state index contributed by atoms with van der Waals surface area (Å²) in [5, 5.41) is 0. The first-order chi connectivity index (χ1) is 7.79. The predicted molar refractivity (Wildman–Crippen MR) is 61.4 cm³/mol. The summed E-state index contributed by atoms with van der Waals surface area (Å²) in [5.74, 6) is -0.308. The van der Waals surface area contributed by atoms with Crippen molar-refractivity contribution >= 4 is 11.8 Å². The van der Waals surface area contributed by atoms with Gasteiger partial charge in [0, 0.05) is 17.9 Å². The van der Waals surface area contributed by atoms with E-state index in [0.717, 1.165) is 6.42 Å². The Morgan fingerprint density at radius 1 is 1.41 bits per heavy atom. The zero-order chi connectivity index (χ0) is 12.9. The minimum Gasteiger partial charge on any atom is -0.466 e.